The number of nitrogens with zero attached hydrogens (tertiary/aromatic N) is 3. The van der Waals surface area contributed by atoms with E-state index in [0.717, 1.165) is 13.0 Å². The van der Waals surface area contributed by atoms with Gasteiger partial charge in [0.2, 0.25) is 0 Å². The van der Waals surface area contributed by atoms with Crippen molar-refractivity contribution >= 4 is 17.7 Å². The van der Waals surface area contributed by atoms with Gasteiger partial charge in [-0.25, -0.2) is 4.98 Å². The van der Waals surface area contributed by atoms with Crippen molar-refractivity contribution in [2.24, 2.45) is 0 Å². The molecule has 0 unspecified atom stereocenters. The van der Waals surface area contributed by atoms with Crippen molar-refractivity contribution in [2.75, 3.05) is 11.9 Å². The molecule has 0 atom stereocenters. The molecule has 0 aliphatic heterocycles. The Balaban J connectivity index is 1.94. The first kappa shape index (κ1) is 13.7. The van der Waals surface area contributed by atoms with Gasteiger partial charge in [-0.2, -0.15) is 0 Å². The van der Waals surface area contributed by atoms with Crippen LogP contribution in [-0.2, 0) is 6.54 Å². The predicted molar refractivity (Wildman–Crippen MR) is 73.8 cm³/mol. The van der Waals surface area contributed by atoms with Crippen LogP contribution in [0.4, 0.5) is 11.4 Å². The van der Waals surface area contributed by atoms with Crippen LogP contribution in [-0.4, -0.2) is 27.3 Å². The number of hydrogen-bond donors (Lipinski definition) is 1. The van der Waals surface area contributed by atoms with Gasteiger partial charge in [0.25, 0.3) is 5.69 Å². The third-order valence-electron chi connectivity index (χ3n) is 2.82. The number of aromatic nitrogens is 2. The normalized spacial score (nSPS) is 10.2. The summed E-state index contributed by atoms with van der Waals surface area (Å²) in [5, 5.41) is 14.0. The lowest BCUT2D eigenvalue weighted by Gasteiger charge is -2.07. The van der Waals surface area contributed by atoms with Crippen molar-refractivity contribution in [3.63, 3.8) is 0 Å². The third-order valence-corrected chi connectivity index (χ3v) is 2.82. The lowest BCUT2D eigenvalue weighted by atomic mass is 10.2. The highest BCUT2D eigenvalue weighted by molar-refractivity contribution is 5.79. The summed E-state index contributed by atoms with van der Waals surface area (Å²) >= 11 is 0. The number of benzene rings is 1. The van der Waals surface area contributed by atoms with Crippen molar-refractivity contribution in [3.8, 4) is 0 Å². The average Bonchev–Trinajstić information content (AvgIpc) is 2.96. The summed E-state index contributed by atoms with van der Waals surface area (Å²) in [5.74, 6) is 0. The molecule has 0 amide bonds. The third kappa shape index (κ3) is 3.41. The van der Waals surface area contributed by atoms with Gasteiger partial charge >= 0.3 is 0 Å². The first-order chi connectivity index (χ1) is 9.70. The summed E-state index contributed by atoms with van der Waals surface area (Å²) in [4.78, 5) is 25.0. The Morgan fingerprint density at radius 1 is 1.45 bits per heavy atom. The molecule has 0 radical (unpaired) electrons. The van der Waals surface area contributed by atoms with Crippen LogP contribution in [0.25, 0.3) is 0 Å². The summed E-state index contributed by atoms with van der Waals surface area (Å²) in [6.45, 7) is 1.38. The first-order valence-electron chi connectivity index (χ1n) is 6.14. The molecule has 0 bridgehead atoms. The molecule has 0 aliphatic carbocycles. The van der Waals surface area contributed by atoms with Crippen molar-refractivity contribution in [2.45, 2.75) is 13.0 Å². The molecule has 1 N–H and O–H groups in total. The Morgan fingerprint density at radius 2 is 2.30 bits per heavy atom. The van der Waals surface area contributed by atoms with E-state index in [-0.39, 0.29) is 5.69 Å². The lowest BCUT2D eigenvalue weighted by molar-refractivity contribution is -0.384. The number of hydrogen-bond acceptors (Lipinski definition) is 5. The van der Waals surface area contributed by atoms with Crippen LogP contribution in [0.2, 0.25) is 0 Å². The highest BCUT2D eigenvalue weighted by atomic mass is 16.6. The number of rotatable bonds is 7. The van der Waals surface area contributed by atoms with E-state index >= 15 is 0 Å². The minimum absolute atomic E-state index is 0.0859. The molecular formula is C13H14N4O3. The molecule has 0 fully saturated rings. The van der Waals surface area contributed by atoms with E-state index in [1.165, 1.54) is 6.07 Å². The summed E-state index contributed by atoms with van der Waals surface area (Å²) in [7, 11) is 0. The van der Waals surface area contributed by atoms with E-state index in [2.05, 4.69) is 10.3 Å². The Bertz CT molecular complexity index is 596. The van der Waals surface area contributed by atoms with Crippen LogP contribution in [0.1, 0.15) is 16.8 Å². The standard InChI is InChI=1S/C13H14N4O3/c18-9-11-2-3-12(13(8-11)17(19)20)15-4-1-6-16-7-5-14-10-16/h2-3,5,7-10,15H,1,4,6H2. The van der Waals surface area contributed by atoms with E-state index in [9.17, 15) is 14.9 Å². The number of anilines is 1. The van der Waals surface area contributed by atoms with E-state index in [4.69, 9.17) is 0 Å². The highest BCUT2D eigenvalue weighted by Crippen LogP contribution is 2.24. The first-order valence-corrected chi connectivity index (χ1v) is 6.14. The molecule has 1 aromatic heterocycles. The molecule has 0 spiro atoms. The Labute approximate surface area is 115 Å². The molecule has 0 saturated carbocycles. The van der Waals surface area contributed by atoms with Gasteiger partial charge in [0, 0.05) is 37.1 Å². The topological polar surface area (TPSA) is 90.1 Å². The number of aldehydes is 1. The number of carbonyl (C=O) groups is 1. The molecule has 2 rings (SSSR count). The summed E-state index contributed by atoms with van der Waals surface area (Å²) in [6.07, 6.45) is 6.69. The van der Waals surface area contributed by atoms with Crippen molar-refractivity contribution < 1.29 is 9.72 Å². The molecule has 2 aromatic rings. The van der Waals surface area contributed by atoms with Crippen LogP contribution >= 0.6 is 0 Å². The second-order valence-electron chi connectivity index (χ2n) is 4.23. The van der Waals surface area contributed by atoms with E-state index in [1.807, 2.05) is 10.8 Å². The zero-order chi connectivity index (χ0) is 14.4. The quantitative estimate of drug-likeness (QED) is 0.361. The number of aryl methyl sites for hydroxylation is 1. The van der Waals surface area contributed by atoms with Crippen LogP contribution in [0.5, 0.6) is 0 Å². The number of imidazole rings is 1. The summed E-state index contributed by atoms with van der Waals surface area (Å²) in [6, 6.07) is 4.38. The van der Waals surface area contributed by atoms with Gasteiger partial charge in [-0.1, -0.05) is 0 Å². The monoisotopic (exact) mass is 274 g/mol. The van der Waals surface area contributed by atoms with Crippen molar-refractivity contribution in [1.82, 2.24) is 9.55 Å². The van der Waals surface area contributed by atoms with E-state index < -0.39 is 4.92 Å². The second kappa shape index (κ2) is 6.46. The molecule has 20 heavy (non-hydrogen) atoms. The van der Waals surface area contributed by atoms with Gasteiger partial charge in [0.15, 0.2) is 0 Å². The highest BCUT2D eigenvalue weighted by Gasteiger charge is 2.13. The Morgan fingerprint density at radius 3 is 2.95 bits per heavy atom. The van der Waals surface area contributed by atoms with Gasteiger partial charge < -0.3 is 9.88 Å². The van der Waals surface area contributed by atoms with Gasteiger partial charge in [-0.15, -0.1) is 0 Å². The fraction of sp³-hybridized carbons (Fsp3) is 0.231. The SMILES string of the molecule is O=Cc1ccc(NCCCn2ccnc2)c([N+](=O)[O-])c1. The molecule has 0 aliphatic rings. The maximum Gasteiger partial charge on any atom is 0.293 e. The number of nitro benzene ring substituents is 1. The molecule has 0 saturated heterocycles. The lowest BCUT2D eigenvalue weighted by Crippen LogP contribution is -2.07. The number of nitro groups is 1. The largest absolute Gasteiger partial charge is 0.379 e. The van der Waals surface area contributed by atoms with Crippen LogP contribution in [0, 0.1) is 10.1 Å². The summed E-state index contributed by atoms with van der Waals surface area (Å²) < 4.78 is 1.94. The zero-order valence-corrected chi connectivity index (χ0v) is 10.7. The predicted octanol–water partition coefficient (Wildman–Crippen LogP) is 2.11. The minimum atomic E-state index is -0.495. The smallest absolute Gasteiger partial charge is 0.293 e. The van der Waals surface area contributed by atoms with Crippen LogP contribution in [0.15, 0.2) is 36.9 Å². The van der Waals surface area contributed by atoms with Crippen LogP contribution < -0.4 is 5.32 Å². The molecule has 7 nitrogen and oxygen atoms in total. The molecule has 1 heterocycles. The van der Waals surface area contributed by atoms with Crippen LogP contribution in [0.3, 0.4) is 0 Å². The fourth-order valence-electron chi connectivity index (χ4n) is 1.83. The van der Waals surface area contributed by atoms with E-state index in [0.29, 0.717) is 24.1 Å². The molecule has 1 aromatic carbocycles. The Kier molecular flexibility index (Phi) is 4.43. The van der Waals surface area contributed by atoms with Crippen molar-refractivity contribution in [3.05, 3.63) is 52.6 Å². The Hall–Kier alpha value is -2.70. The van der Waals surface area contributed by atoms with Gasteiger partial charge in [-0.3, -0.25) is 14.9 Å². The maximum atomic E-state index is 10.9. The number of nitrogens with one attached hydrogen (secondary N) is 1. The fourth-order valence-corrected chi connectivity index (χ4v) is 1.83. The minimum Gasteiger partial charge on any atom is -0.379 e. The molecular weight excluding hydrogens is 260 g/mol. The van der Waals surface area contributed by atoms with Gasteiger partial charge in [0.1, 0.15) is 12.0 Å². The van der Waals surface area contributed by atoms with Crippen molar-refractivity contribution in [1.29, 1.82) is 0 Å². The maximum absolute atomic E-state index is 10.9. The molecule has 7 heteroatoms. The second-order valence-corrected chi connectivity index (χ2v) is 4.23. The molecule has 104 valence electrons. The number of carbonyl (C=O) groups excluding carboxylic acids is 1. The summed E-state index contributed by atoms with van der Waals surface area (Å²) in [5.41, 5.74) is 0.629. The van der Waals surface area contributed by atoms with Gasteiger partial charge in [-0.05, 0) is 18.6 Å². The van der Waals surface area contributed by atoms with Gasteiger partial charge in [0.05, 0.1) is 11.3 Å². The zero-order valence-electron chi connectivity index (χ0n) is 10.7. The van der Waals surface area contributed by atoms with E-state index in [1.54, 1.807) is 24.7 Å². The average molecular weight is 274 g/mol.